The number of aromatic nitrogens is 3. The molecule has 3 aromatic rings. The van der Waals surface area contributed by atoms with Gasteiger partial charge in [0.1, 0.15) is 6.04 Å². The Labute approximate surface area is 191 Å². The van der Waals surface area contributed by atoms with Gasteiger partial charge in [0, 0.05) is 27.7 Å². The molecule has 1 aliphatic rings. The molecule has 8 heteroatoms. The normalized spacial score (nSPS) is 15.4. The highest BCUT2D eigenvalue weighted by atomic mass is 35.5. The average Bonchev–Trinajstić information content (AvgIpc) is 3.15. The molecular formula is C23H24ClN5OS. The van der Waals surface area contributed by atoms with Gasteiger partial charge in [-0.05, 0) is 38.5 Å². The van der Waals surface area contributed by atoms with Crippen LogP contribution in [-0.2, 0) is 4.79 Å². The van der Waals surface area contributed by atoms with Crippen LogP contribution in [0.1, 0.15) is 37.4 Å². The van der Waals surface area contributed by atoms with E-state index in [9.17, 15) is 4.79 Å². The summed E-state index contributed by atoms with van der Waals surface area (Å²) in [5, 5.41) is 12.2. The van der Waals surface area contributed by atoms with Gasteiger partial charge in [-0.15, -0.1) is 5.10 Å². The van der Waals surface area contributed by atoms with Crippen molar-refractivity contribution in [3.05, 3.63) is 76.0 Å². The van der Waals surface area contributed by atoms with Gasteiger partial charge in [0.2, 0.25) is 11.1 Å². The number of nitrogens with one attached hydrogen (secondary N) is 2. The maximum atomic E-state index is 13.4. The lowest BCUT2D eigenvalue weighted by molar-refractivity contribution is -0.113. The van der Waals surface area contributed by atoms with Crippen LogP contribution in [0.5, 0.6) is 0 Å². The predicted octanol–water partition coefficient (Wildman–Crippen LogP) is 5.67. The SMILES string of the molecule is CCCSc1nc2n(n1)C(c1ccccc1Cl)C(C(=O)Nc1ccc(C)cc1)=C(C)N2. The number of fused-ring (bicyclic) bond motifs is 1. The molecule has 0 radical (unpaired) electrons. The zero-order chi connectivity index (χ0) is 22.0. The Hall–Kier alpha value is -2.77. The van der Waals surface area contributed by atoms with Gasteiger partial charge in [0.25, 0.3) is 5.91 Å². The number of allylic oxidation sites excluding steroid dienone is 1. The monoisotopic (exact) mass is 453 g/mol. The van der Waals surface area contributed by atoms with Gasteiger partial charge in [-0.25, -0.2) is 4.68 Å². The molecule has 2 N–H and O–H groups in total. The molecule has 160 valence electrons. The smallest absolute Gasteiger partial charge is 0.255 e. The highest BCUT2D eigenvalue weighted by Gasteiger charge is 2.35. The van der Waals surface area contributed by atoms with Crippen molar-refractivity contribution in [3.8, 4) is 0 Å². The van der Waals surface area contributed by atoms with E-state index in [-0.39, 0.29) is 5.91 Å². The molecule has 4 rings (SSSR count). The Morgan fingerprint density at radius 1 is 1.19 bits per heavy atom. The van der Waals surface area contributed by atoms with Crippen molar-refractivity contribution in [1.82, 2.24) is 14.8 Å². The van der Waals surface area contributed by atoms with Crippen molar-refractivity contribution >= 4 is 40.9 Å². The molecule has 1 atom stereocenters. The maximum absolute atomic E-state index is 13.4. The van der Waals surface area contributed by atoms with Gasteiger partial charge in [-0.2, -0.15) is 4.98 Å². The molecule has 1 aromatic heterocycles. The second-order valence-electron chi connectivity index (χ2n) is 7.42. The summed E-state index contributed by atoms with van der Waals surface area (Å²) in [5.74, 6) is 1.32. The van der Waals surface area contributed by atoms with E-state index in [0.29, 0.717) is 21.7 Å². The average molecular weight is 454 g/mol. The molecule has 0 spiro atoms. The number of halogens is 1. The van der Waals surface area contributed by atoms with E-state index in [2.05, 4.69) is 22.5 Å². The summed E-state index contributed by atoms with van der Waals surface area (Å²) in [6.45, 7) is 6.01. The fourth-order valence-electron chi connectivity index (χ4n) is 3.50. The second-order valence-corrected chi connectivity index (χ2v) is 8.89. The van der Waals surface area contributed by atoms with Gasteiger partial charge in [-0.1, -0.05) is 66.2 Å². The fraction of sp³-hybridized carbons (Fsp3) is 0.261. The summed E-state index contributed by atoms with van der Waals surface area (Å²) in [6.07, 6.45) is 1.03. The summed E-state index contributed by atoms with van der Waals surface area (Å²) in [6, 6.07) is 14.8. The van der Waals surface area contributed by atoms with Crippen molar-refractivity contribution in [1.29, 1.82) is 0 Å². The summed E-state index contributed by atoms with van der Waals surface area (Å²) in [4.78, 5) is 18.1. The van der Waals surface area contributed by atoms with Crippen LogP contribution < -0.4 is 10.6 Å². The molecule has 31 heavy (non-hydrogen) atoms. The van der Waals surface area contributed by atoms with Gasteiger partial charge in [0.05, 0.1) is 5.57 Å². The van der Waals surface area contributed by atoms with E-state index in [4.69, 9.17) is 16.7 Å². The van der Waals surface area contributed by atoms with Crippen LogP contribution in [0.15, 0.2) is 65.0 Å². The molecule has 0 saturated carbocycles. The molecule has 1 amide bonds. The number of hydrogen-bond donors (Lipinski definition) is 2. The number of anilines is 2. The first-order valence-electron chi connectivity index (χ1n) is 10.2. The number of benzene rings is 2. The molecular weight excluding hydrogens is 430 g/mol. The number of carbonyl (C=O) groups is 1. The third-order valence-corrected chi connectivity index (χ3v) is 6.41. The van der Waals surface area contributed by atoms with E-state index in [1.807, 2.05) is 62.4 Å². The molecule has 2 heterocycles. The number of amides is 1. The molecule has 6 nitrogen and oxygen atoms in total. The highest BCUT2D eigenvalue weighted by Crippen LogP contribution is 2.39. The minimum absolute atomic E-state index is 0.206. The molecule has 0 bridgehead atoms. The van der Waals surface area contributed by atoms with Crippen LogP contribution in [0.25, 0.3) is 0 Å². The van der Waals surface area contributed by atoms with Crippen molar-refractivity contribution in [2.24, 2.45) is 0 Å². The lowest BCUT2D eigenvalue weighted by Gasteiger charge is -2.29. The molecule has 0 fully saturated rings. The van der Waals surface area contributed by atoms with Crippen LogP contribution in [0, 0.1) is 6.92 Å². The third-order valence-electron chi connectivity index (χ3n) is 5.02. The zero-order valence-electron chi connectivity index (χ0n) is 17.6. The van der Waals surface area contributed by atoms with Gasteiger partial charge in [-0.3, -0.25) is 4.79 Å². The Morgan fingerprint density at radius 3 is 2.65 bits per heavy atom. The summed E-state index contributed by atoms with van der Waals surface area (Å²) in [7, 11) is 0. The van der Waals surface area contributed by atoms with Gasteiger partial charge >= 0.3 is 0 Å². The van der Waals surface area contributed by atoms with Gasteiger partial charge in [0.15, 0.2) is 0 Å². The fourth-order valence-corrected chi connectivity index (χ4v) is 4.42. The Morgan fingerprint density at radius 2 is 1.94 bits per heavy atom. The lowest BCUT2D eigenvalue weighted by Crippen LogP contribution is -2.31. The Balaban J connectivity index is 1.76. The molecule has 1 aliphatic heterocycles. The van der Waals surface area contributed by atoms with E-state index in [0.717, 1.165) is 34.7 Å². The number of hydrogen-bond acceptors (Lipinski definition) is 5. The largest absolute Gasteiger partial charge is 0.328 e. The van der Waals surface area contributed by atoms with E-state index in [1.54, 1.807) is 16.4 Å². The van der Waals surface area contributed by atoms with Crippen LogP contribution in [-0.4, -0.2) is 26.4 Å². The van der Waals surface area contributed by atoms with Crippen molar-refractivity contribution in [3.63, 3.8) is 0 Å². The Bertz CT molecular complexity index is 1140. The summed E-state index contributed by atoms with van der Waals surface area (Å²) >= 11 is 8.16. The second kappa shape index (κ2) is 9.16. The van der Waals surface area contributed by atoms with Crippen molar-refractivity contribution < 1.29 is 4.79 Å². The minimum Gasteiger partial charge on any atom is -0.328 e. The first kappa shape index (κ1) is 21.5. The summed E-state index contributed by atoms with van der Waals surface area (Å²) in [5.41, 5.74) is 3.94. The number of thioether (sulfide) groups is 1. The topological polar surface area (TPSA) is 71.8 Å². The standard InChI is InChI=1S/C23H24ClN5OS/c1-4-13-31-23-27-22-25-15(3)19(21(30)26-16-11-9-14(2)10-12-16)20(29(22)28-23)17-7-5-6-8-18(17)24/h5-12,20H,4,13H2,1-3H3,(H,26,30)(H,25,27,28). The van der Waals surface area contributed by atoms with Crippen LogP contribution in [0.2, 0.25) is 5.02 Å². The van der Waals surface area contributed by atoms with E-state index in [1.165, 1.54) is 0 Å². The van der Waals surface area contributed by atoms with Crippen molar-refractivity contribution in [2.75, 3.05) is 16.4 Å². The Kier molecular flexibility index (Phi) is 6.34. The van der Waals surface area contributed by atoms with Crippen LogP contribution >= 0.6 is 23.4 Å². The number of carbonyl (C=O) groups excluding carboxylic acids is 1. The molecule has 2 aromatic carbocycles. The summed E-state index contributed by atoms with van der Waals surface area (Å²) < 4.78 is 1.76. The number of nitrogens with zero attached hydrogens (tertiary/aromatic N) is 3. The first-order chi connectivity index (χ1) is 15.0. The first-order valence-corrected chi connectivity index (χ1v) is 11.5. The molecule has 0 saturated heterocycles. The maximum Gasteiger partial charge on any atom is 0.255 e. The lowest BCUT2D eigenvalue weighted by atomic mass is 9.95. The third kappa shape index (κ3) is 4.48. The van der Waals surface area contributed by atoms with E-state index < -0.39 is 6.04 Å². The van der Waals surface area contributed by atoms with E-state index >= 15 is 0 Å². The molecule has 0 aliphatic carbocycles. The van der Waals surface area contributed by atoms with Crippen LogP contribution in [0.4, 0.5) is 11.6 Å². The minimum atomic E-state index is -0.487. The number of rotatable bonds is 6. The van der Waals surface area contributed by atoms with Crippen molar-refractivity contribution in [2.45, 2.75) is 38.4 Å². The van der Waals surface area contributed by atoms with Gasteiger partial charge < -0.3 is 10.6 Å². The quantitative estimate of drug-likeness (QED) is 0.470. The number of aryl methyl sites for hydroxylation is 1. The molecule has 1 unspecified atom stereocenters. The zero-order valence-corrected chi connectivity index (χ0v) is 19.2. The highest BCUT2D eigenvalue weighted by molar-refractivity contribution is 7.99. The predicted molar refractivity (Wildman–Crippen MR) is 127 cm³/mol. The van der Waals surface area contributed by atoms with Crippen LogP contribution in [0.3, 0.4) is 0 Å².